The molecule has 4 heterocycles. The van der Waals surface area contributed by atoms with Crippen LogP contribution in [0, 0.1) is 5.92 Å². The van der Waals surface area contributed by atoms with Crippen LogP contribution in [-0.2, 0) is 5.41 Å². The molecule has 1 fully saturated rings. The van der Waals surface area contributed by atoms with Gasteiger partial charge in [0.2, 0.25) is 5.69 Å². The molecule has 0 amide bonds. The van der Waals surface area contributed by atoms with Crippen molar-refractivity contribution in [1.82, 2.24) is 0 Å². The Labute approximate surface area is 247 Å². The molecule has 3 aromatic carbocycles. The largest absolute Gasteiger partial charge is 0.455 e. The Hall–Kier alpha value is -4.24. The summed E-state index contributed by atoms with van der Waals surface area (Å²) in [4.78, 5) is 5.18. The standard InChI is InChI=1S/C39H37N2O/c1-5-31-26-15-9-10-17-28(26)35(32(6-2)40-31)37-30-20-19-29-27-16-11-12-18-34(27)42-38(29)36(30)33-23-25(21-22-41(33)37)39(3,4)24-13-7-8-14-24/h5-6,9-12,15-24,32,35,37H,1-2,7-8,13-14H2,3-4H3/q+1. The maximum Gasteiger partial charge on any atom is 0.217 e. The van der Waals surface area contributed by atoms with E-state index in [1.165, 1.54) is 64.4 Å². The van der Waals surface area contributed by atoms with E-state index in [-0.39, 0.29) is 23.4 Å². The lowest BCUT2D eigenvalue weighted by Crippen LogP contribution is -2.45. The molecule has 0 bridgehead atoms. The Bertz CT molecular complexity index is 1930. The van der Waals surface area contributed by atoms with Crippen molar-refractivity contribution in [3.63, 3.8) is 0 Å². The van der Waals surface area contributed by atoms with Gasteiger partial charge in [-0.1, -0.05) is 87.9 Å². The van der Waals surface area contributed by atoms with Gasteiger partial charge in [0.05, 0.1) is 23.2 Å². The van der Waals surface area contributed by atoms with Gasteiger partial charge in [0, 0.05) is 34.0 Å². The Morgan fingerprint density at radius 2 is 1.69 bits per heavy atom. The molecular formula is C39H37N2O+. The van der Waals surface area contributed by atoms with E-state index in [2.05, 4.69) is 111 Å². The first-order valence-corrected chi connectivity index (χ1v) is 15.4. The summed E-state index contributed by atoms with van der Waals surface area (Å²) < 4.78 is 9.19. The van der Waals surface area contributed by atoms with E-state index in [1.807, 2.05) is 12.2 Å². The van der Waals surface area contributed by atoms with Gasteiger partial charge >= 0.3 is 0 Å². The molecule has 3 nitrogen and oxygen atoms in total. The molecule has 0 spiro atoms. The highest BCUT2D eigenvalue weighted by atomic mass is 16.3. The first kappa shape index (κ1) is 25.5. The normalized spacial score (nSPS) is 21.7. The SMILES string of the molecule is C=CC1=NC(C=C)C(C2c3ccc4c(oc5ccccc54)c3-c3cc(C(C)(C)C4CCCC4)cc[n+]32)c2ccccc21. The molecular weight excluding hydrogens is 512 g/mol. The number of para-hydroxylation sites is 1. The van der Waals surface area contributed by atoms with E-state index in [0.717, 1.165) is 22.4 Å². The first-order valence-electron chi connectivity index (χ1n) is 15.4. The predicted octanol–water partition coefficient (Wildman–Crippen LogP) is 9.24. The lowest BCUT2D eigenvalue weighted by Gasteiger charge is -2.33. The van der Waals surface area contributed by atoms with Crippen molar-refractivity contribution in [2.75, 3.05) is 0 Å². The summed E-state index contributed by atoms with van der Waals surface area (Å²) in [5.41, 5.74) is 10.6. The maximum atomic E-state index is 6.70. The number of fused-ring (bicyclic) bond motifs is 8. The smallest absolute Gasteiger partial charge is 0.217 e. The number of allylic oxidation sites excluding steroid dienone is 1. The fourth-order valence-corrected chi connectivity index (χ4v) is 8.30. The highest BCUT2D eigenvalue weighted by molar-refractivity contribution is 6.11. The Balaban J connectivity index is 1.40. The molecule has 5 aromatic rings. The summed E-state index contributed by atoms with van der Waals surface area (Å²) in [6.07, 6.45) is 11.5. The minimum absolute atomic E-state index is 0.0514. The molecule has 1 aliphatic carbocycles. The van der Waals surface area contributed by atoms with Crippen molar-refractivity contribution >= 4 is 27.7 Å². The van der Waals surface area contributed by atoms with Crippen molar-refractivity contribution in [2.24, 2.45) is 10.9 Å². The topological polar surface area (TPSA) is 29.4 Å². The third-order valence-electron chi connectivity index (χ3n) is 10.6. The molecule has 42 heavy (non-hydrogen) atoms. The van der Waals surface area contributed by atoms with Crippen LogP contribution < -0.4 is 4.57 Å². The van der Waals surface area contributed by atoms with Crippen LogP contribution in [-0.4, -0.2) is 11.8 Å². The fourth-order valence-electron chi connectivity index (χ4n) is 8.30. The summed E-state index contributed by atoms with van der Waals surface area (Å²) in [5.74, 6) is 0.796. The van der Waals surface area contributed by atoms with Crippen LogP contribution in [0.25, 0.3) is 33.2 Å². The molecule has 208 valence electrons. The van der Waals surface area contributed by atoms with Crippen molar-refractivity contribution in [2.45, 2.75) is 62.9 Å². The number of nitrogens with zero attached hydrogens (tertiary/aromatic N) is 2. The quantitative estimate of drug-likeness (QED) is 0.159. The van der Waals surface area contributed by atoms with E-state index in [0.29, 0.717) is 5.92 Å². The number of aliphatic imine (C=N–C) groups is 1. The van der Waals surface area contributed by atoms with Crippen LogP contribution >= 0.6 is 0 Å². The molecule has 3 heteroatoms. The zero-order chi connectivity index (χ0) is 28.6. The van der Waals surface area contributed by atoms with Gasteiger partial charge in [0.15, 0.2) is 12.2 Å². The van der Waals surface area contributed by atoms with Crippen LogP contribution in [0.5, 0.6) is 0 Å². The number of furan rings is 1. The summed E-state index contributed by atoms with van der Waals surface area (Å²) in [5, 5.41) is 2.34. The maximum absolute atomic E-state index is 6.70. The zero-order valence-electron chi connectivity index (χ0n) is 24.5. The number of rotatable bonds is 5. The molecule has 2 aliphatic heterocycles. The van der Waals surface area contributed by atoms with Gasteiger partial charge in [-0.15, -0.1) is 6.58 Å². The summed E-state index contributed by atoms with van der Waals surface area (Å²) >= 11 is 0. The number of hydrogen-bond donors (Lipinski definition) is 0. The van der Waals surface area contributed by atoms with Crippen molar-refractivity contribution in [3.8, 4) is 11.3 Å². The van der Waals surface area contributed by atoms with E-state index < -0.39 is 0 Å². The van der Waals surface area contributed by atoms with Crippen LogP contribution in [0.4, 0.5) is 0 Å². The summed E-state index contributed by atoms with van der Waals surface area (Å²) in [6.45, 7) is 13.2. The number of benzene rings is 3. The molecule has 8 rings (SSSR count). The lowest BCUT2D eigenvalue weighted by atomic mass is 9.72. The minimum atomic E-state index is -0.0785. The van der Waals surface area contributed by atoms with E-state index in [4.69, 9.17) is 9.41 Å². The second kappa shape index (κ2) is 9.39. The summed E-state index contributed by atoms with van der Waals surface area (Å²) in [7, 11) is 0. The Morgan fingerprint density at radius 3 is 2.50 bits per heavy atom. The highest BCUT2D eigenvalue weighted by Crippen LogP contribution is 2.51. The first-order chi connectivity index (χ1) is 20.5. The van der Waals surface area contributed by atoms with Gasteiger partial charge < -0.3 is 4.42 Å². The van der Waals surface area contributed by atoms with Gasteiger partial charge in [-0.3, -0.25) is 4.99 Å². The number of aromatic nitrogens is 1. The highest BCUT2D eigenvalue weighted by Gasteiger charge is 2.49. The van der Waals surface area contributed by atoms with Crippen molar-refractivity contribution < 1.29 is 8.98 Å². The minimum Gasteiger partial charge on any atom is -0.455 e. The average molecular weight is 550 g/mol. The molecule has 2 aromatic heterocycles. The molecule has 1 saturated carbocycles. The summed E-state index contributed by atoms with van der Waals surface area (Å²) in [6, 6.07) is 26.5. The van der Waals surface area contributed by atoms with Crippen LogP contribution in [0.2, 0.25) is 0 Å². The van der Waals surface area contributed by atoms with E-state index in [1.54, 1.807) is 0 Å². The van der Waals surface area contributed by atoms with Gasteiger partial charge in [-0.05, 0) is 53.5 Å². The molecule has 3 unspecified atom stereocenters. The molecule has 0 N–H and O–H groups in total. The van der Waals surface area contributed by atoms with Crippen molar-refractivity contribution in [3.05, 3.63) is 127 Å². The monoisotopic (exact) mass is 549 g/mol. The zero-order valence-corrected chi connectivity index (χ0v) is 24.5. The molecule has 3 atom stereocenters. The van der Waals surface area contributed by atoms with Gasteiger partial charge in [0.25, 0.3) is 0 Å². The second-order valence-corrected chi connectivity index (χ2v) is 12.9. The fraction of sp³-hybridized carbons (Fsp3) is 0.282. The van der Waals surface area contributed by atoms with Crippen molar-refractivity contribution in [1.29, 1.82) is 0 Å². The third-order valence-corrected chi connectivity index (χ3v) is 10.6. The predicted molar refractivity (Wildman–Crippen MR) is 172 cm³/mol. The Morgan fingerprint density at radius 1 is 0.905 bits per heavy atom. The lowest BCUT2D eigenvalue weighted by molar-refractivity contribution is -0.701. The van der Waals surface area contributed by atoms with Gasteiger partial charge in [-0.25, -0.2) is 0 Å². The van der Waals surface area contributed by atoms with Gasteiger partial charge in [0.1, 0.15) is 11.2 Å². The number of hydrogen-bond acceptors (Lipinski definition) is 2. The second-order valence-electron chi connectivity index (χ2n) is 12.9. The molecule has 0 radical (unpaired) electrons. The Kier molecular flexibility index (Phi) is 5.69. The van der Waals surface area contributed by atoms with Crippen LogP contribution in [0.3, 0.4) is 0 Å². The van der Waals surface area contributed by atoms with E-state index in [9.17, 15) is 0 Å². The number of pyridine rings is 1. The van der Waals surface area contributed by atoms with Crippen LogP contribution in [0.15, 0.2) is 114 Å². The average Bonchev–Trinajstić information content (AvgIpc) is 3.76. The molecule has 3 aliphatic rings. The third kappa shape index (κ3) is 3.52. The molecule has 0 saturated heterocycles. The van der Waals surface area contributed by atoms with Gasteiger partial charge in [-0.2, -0.15) is 4.57 Å². The van der Waals surface area contributed by atoms with Crippen LogP contribution in [0.1, 0.15) is 73.7 Å². The van der Waals surface area contributed by atoms with E-state index >= 15 is 0 Å².